The molecule has 92 valence electrons. The summed E-state index contributed by atoms with van der Waals surface area (Å²) >= 11 is 0. The standard InChI is InChI=1S/C12H16N2O2S/c1-13-11-4-2-10(3-5-11)12(15)14-6-8-17(16)9-7-14/h2-5,13H,6-9H2,1H3. The lowest BCUT2D eigenvalue weighted by molar-refractivity contribution is 0.0771. The minimum Gasteiger partial charge on any atom is -0.388 e. The number of nitrogens with zero attached hydrogens (tertiary/aromatic N) is 1. The van der Waals surface area contributed by atoms with E-state index in [1.54, 1.807) is 4.90 Å². The normalized spacial score (nSPS) is 16.9. The van der Waals surface area contributed by atoms with Gasteiger partial charge in [0, 0.05) is 53.7 Å². The van der Waals surface area contributed by atoms with E-state index in [0.29, 0.717) is 30.2 Å². The van der Waals surface area contributed by atoms with E-state index in [1.807, 2.05) is 31.3 Å². The average Bonchev–Trinajstić information content (AvgIpc) is 2.39. The van der Waals surface area contributed by atoms with Gasteiger partial charge in [0.25, 0.3) is 5.91 Å². The fourth-order valence-electron chi connectivity index (χ4n) is 1.80. The van der Waals surface area contributed by atoms with Crippen LogP contribution in [0.25, 0.3) is 0 Å². The Bertz CT molecular complexity index is 421. The highest BCUT2D eigenvalue weighted by molar-refractivity contribution is 7.85. The Morgan fingerprint density at radius 1 is 1.24 bits per heavy atom. The van der Waals surface area contributed by atoms with Gasteiger partial charge < -0.3 is 10.2 Å². The summed E-state index contributed by atoms with van der Waals surface area (Å²) in [5, 5.41) is 3.01. The molecule has 1 saturated heterocycles. The van der Waals surface area contributed by atoms with Crippen molar-refractivity contribution in [1.29, 1.82) is 0 Å². The van der Waals surface area contributed by atoms with Gasteiger partial charge in [-0.3, -0.25) is 9.00 Å². The highest BCUT2D eigenvalue weighted by Gasteiger charge is 2.20. The van der Waals surface area contributed by atoms with Crippen LogP contribution in [0.15, 0.2) is 24.3 Å². The molecule has 0 aromatic heterocycles. The summed E-state index contributed by atoms with van der Waals surface area (Å²) in [7, 11) is 1.10. The monoisotopic (exact) mass is 252 g/mol. The highest BCUT2D eigenvalue weighted by Crippen LogP contribution is 2.12. The Labute approximate surface area is 103 Å². The van der Waals surface area contributed by atoms with Crippen molar-refractivity contribution in [3.05, 3.63) is 29.8 Å². The maximum Gasteiger partial charge on any atom is 0.253 e. The molecule has 1 heterocycles. The summed E-state index contributed by atoms with van der Waals surface area (Å²) in [4.78, 5) is 13.9. The number of anilines is 1. The first-order valence-electron chi connectivity index (χ1n) is 5.63. The van der Waals surface area contributed by atoms with Crippen LogP contribution in [-0.2, 0) is 10.8 Å². The first kappa shape index (κ1) is 12.1. The molecule has 0 saturated carbocycles. The third kappa shape index (κ3) is 2.85. The number of benzene rings is 1. The third-order valence-electron chi connectivity index (χ3n) is 2.89. The average molecular weight is 252 g/mol. The zero-order chi connectivity index (χ0) is 12.3. The van der Waals surface area contributed by atoms with Gasteiger partial charge in [0.2, 0.25) is 0 Å². The van der Waals surface area contributed by atoms with E-state index in [0.717, 1.165) is 5.69 Å². The second kappa shape index (κ2) is 5.31. The quantitative estimate of drug-likeness (QED) is 0.852. The first-order chi connectivity index (χ1) is 8.20. The predicted octanol–water partition coefficient (Wildman–Crippen LogP) is 0.933. The zero-order valence-electron chi connectivity index (χ0n) is 9.81. The third-order valence-corrected chi connectivity index (χ3v) is 4.16. The molecule has 0 atom stereocenters. The van der Waals surface area contributed by atoms with E-state index in [4.69, 9.17) is 0 Å². The van der Waals surface area contributed by atoms with Gasteiger partial charge in [-0.05, 0) is 24.3 Å². The van der Waals surface area contributed by atoms with Crippen molar-refractivity contribution in [2.45, 2.75) is 0 Å². The fourth-order valence-corrected chi connectivity index (χ4v) is 2.86. The summed E-state index contributed by atoms with van der Waals surface area (Å²) in [5.74, 6) is 1.23. The van der Waals surface area contributed by atoms with Gasteiger partial charge >= 0.3 is 0 Å². The van der Waals surface area contributed by atoms with Crippen molar-refractivity contribution in [2.24, 2.45) is 0 Å². The molecule has 5 heteroatoms. The van der Waals surface area contributed by atoms with Crippen molar-refractivity contribution in [3.8, 4) is 0 Å². The summed E-state index contributed by atoms with van der Waals surface area (Å²) in [6.07, 6.45) is 0. The Hall–Kier alpha value is -1.36. The second-order valence-electron chi connectivity index (χ2n) is 3.97. The van der Waals surface area contributed by atoms with Crippen molar-refractivity contribution >= 4 is 22.4 Å². The van der Waals surface area contributed by atoms with Crippen LogP contribution in [0.3, 0.4) is 0 Å². The lowest BCUT2D eigenvalue weighted by Crippen LogP contribution is -2.41. The zero-order valence-corrected chi connectivity index (χ0v) is 10.6. The SMILES string of the molecule is CNc1ccc(C(=O)N2CCS(=O)CC2)cc1. The molecule has 0 spiro atoms. The molecule has 0 unspecified atom stereocenters. The summed E-state index contributed by atoms with van der Waals surface area (Å²) < 4.78 is 11.2. The van der Waals surface area contributed by atoms with E-state index in [1.165, 1.54) is 0 Å². The Morgan fingerprint density at radius 2 is 1.82 bits per heavy atom. The molecule has 17 heavy (non-hydrogen) atoms. The fraction of sp³-hybridized carbons (Fsp3) is 0.417. The summed E-state index contributed by atoms with van der Waals surface area (Å²) in [6, 6.07) is 7.41. The Balaban J connectivity index is 2.05. The molecule has 1 N–H and O–H groups in total. The van der Waals surface area contributed by atoms with E-state index < -0.39 is 10.8 Å². The van der Waals surface area contributed by atoms with Gasteiger partial charge in [-0.25, -0.2) is 0 Å². The van der Waals surface area contributed by atoms with Crippen LogP contribution >= 0.6 is 0 Å². The Kier molecular flexibility index (Phi) is 3.78. The number of hydrogen-bond acceptors (Lipinski definition) is 3. The molecule has 0 bridgehead atoms. The maximum absolute atomic E-state index is 12.1. The first-order valence-corrected chi connectivity index (χ1v) is 7.11. The van der Waals surface area contributed by atoms with Crippen LogP contribution in [-0.4, -0.2) is 46.7 Å². The molecule has 1 amide bonds. The van der Waals surface area contributed by atoms with Crippen molar-refractivity contribution in [1.82, 2.24) is 4.90 Å². The molecule has 0 aliphatic carbocycles. The molecule has 0 radical (unpaired) electrons. The largest absolute Gasteiger partial charge is 0.388 e. The molecular weight excluding hydrogens is 236 g/mol. The molecule has 2 rings (SSSR count). The minimum absolute atomic E-state index is 0.0318. The Morgan fingerprint density at radius 3 is 2.35 bits per heavy atom. The lowest BCUT2D eigenvalue weighted by atomic mass is 10.2. The van der Waals surface area contributed by atoms with Crippen LogP contribution < -0.4 is 5.32 Å². The topological polar surface area (TPSA) is 49.4 Å². The molecule has 1 aromatic carbocycles. The van der Waals surface area contributed by atoms with E-state index in [9.17, 15) is 9.00 Å². The number of carbonyl (C=O) groups excluding carboxylic acids is 1. The minimum atomic E-state index is -0.743. The molecule has 1 aliphatic rings. The number of rotatable bonds is 2. The summed E-state index contributed by atoms with van der Waals surface area (Å²) in [5.41, 5.74) is 1.68. The van der Waals surface area contributed by atoms with Gasteiger partial charge in [0.1, 0.15) is 0 Å². The maximum atomic E-state index is 12.1. The number of amides is 1. The van der Waals surface area contributed by atoms with Crippen molar-refractivity contribution < 1.29 is 9.00 Å². The van der Waals surface area contributed by atoms with Gasteiger partial charge in [-0.15, -0.1) is 0 Å². The van der Waals surface area contributed by atoms with Crippen molar-refractivity contribution in [2.75, 3.05) is 37.0 Å². The molecule has 1 aliphatic heterocycles. The van der Waals surface area contributed by atoms with E-state index >= 15 is 0 Å². The lowest BCUT2D eigenvalue weighted by Gasteiger charge is -2.26. The second-order valence-corrected chi connectivity index (χ2v) is 5.66. The van der Waals surface area contributed by atoms with Crippen LogP contribution in [0, 0.1) is 0 Å². The summed E-state index contributed by atoms with van der Waals surface area (Å²) in [6.45, 7) is 1.19. The number of nitrogens with one attached hydrogen (secondary N) is 1. The van der Waals surface area contributed by atoms with Gasteiger partial charge in [-0.2, -0.15) is 0 Å². The molecular formula is C12H16N2O2S. The highest BCUT2D eigenvalue weighted by atomic mass is 32.2. The molecule has 1 fully saturated rings. The van der Waals surface area contributed by atoms with Gasteiger partial charge in [0.05, 0.1) is 0 Å². The van der Waals surface area contributed by atoms with Crippen LogP contribution in [0.5, 0.6) is 0 Å². The van der Waals surface area contributed by atoms with E-state index in [-0.39, 0.29) is 5.91 Å². The number of carbonyl (C=O) groups is 1. The van der Waals surface area contributed by atoms with Gasteiger partial charge in [-0.1, -0.05) is 0 Å². The van der Waals surface area contributed by atoms with E-state index in [2.05, 4.69) is 5.32 Å². The number of hydrogen-bond donors (Lipinski definition) is 1. The van der Waals surface area contributed by atoms with Crippen molar-refractivity contribution in [3.63, 3.8) is 0 Å². The molecule has 1 aromatic rings. The predicted molar refractivity (Wildman–Crippen MR) is 69.8 cm³/mol. The van der Waals surface area contributed by atoms with Crippen LogP contribution in [0.1, 0.15) is 10.4 Å². The van der Waals surface area contributed by atoms with Gasteiger partial charge in [0.15, 0.2) is 0 Å². The van der Waals surface area contributed by atoms with Crippen LogP contribution in [0.2, 0.25) is 0 Å². The smallest absolute Gasteiger partial charge is 0.253 e. The molecule has 4 nitrogen and oxygen atoms in total. The van der Waals surface area contributed by atoms with Crippen LogP contribution in [0.4, 0.5) is 5.69 Å².